The van der Waals surface area contributed by atoms with Gasteiger partial charge in [0.25, 0.3) is 5.91 Å². The smallest absolute Gasteiger partial charge is 0.253 e. The summed E-state index contributed by atoms with van der Waals surface area (Å²) in [5.74, 6) is 0.0761. The van der Waals surface area contributed by atoms with Crippen molar-refractivity contribution < 1.29 is 13.9 Å². The summed E-state index contributed by atoms with van der Waals surface area (Å²) in [5.41, 5.74) is 7.11. The molecule has 1 aromatic heterocycles. The van der Waals surface area contributed by atoms with Crippen molar-refractivity contribution in [1.29, 1.82) is 0 Å². The lowest BCUT2D eigenvalue weighted by Crippen LogP contribution is -2.26. The van der Waals surface area contributed by atoms with E-state index in [1.165, 1.54) is 6.20 Å². The van der Waals surface area contributed by atoms with E-state index in [0.29, 0.717) is 23.3 Å². The number of aromatic nitrogens is 1. The summed E-state index contributed by atoms with van der Waals surface area (Å²) in [7, 11) is 0. The van der Waals surface area contributed by atoms with Crippen LogP contribution in [0.1, 0.15) is 28.9 Å². The van der Waals surface area contributed by atoms with Crippen LogP contribution in [0.5, 0.6) is 5.88 Å². The zero-order valence-corrected chi connectivity index (χ0v) is 14.6. The fourth-order valence-corrected chi connectivity index (χ4v) is 2.01. The highest BCUT2D eigenvalue weighted by atomic mass is 35.5. The molecule has 1 heterocycles. The molecule has 0 fully saturated rings. The van der Waals surface area contributed by atoms with Gasteiger partial charge in [0.2, 0.25) is 5.88 Å². The Hall–Kier alpha value is -2.44. The molecule has 0 spiro atoms. The number of nitrogens with zero attached hydrogens (tertiary/aromatic N) is 1. The van der Waals surface area contributed by atoms with Crippen molar-refractivity contribution >= 4 is 18.3 Å². The molecule has 7 heteroatoms. The zero-order valence-electron chi connectivity index (χ0n) is 13.8. The Labute approximate surface area is 152 Å². The first-order chi connectivity index (χ1) is 11.6. The second-order valence-electron chi connectivity index (χ2n) is 5.25. The van der Waals surface area contributed by atoms with Crippen LogP contribution in [0.2, 0.25) is 0 Å². The van der Waals surface area contributed by atoms with Gasteiger partial charge in [0, 0.05) is 24.4 Å². The fraction of sp³-hybridized carbons (Fsp3) is 0.222. The molecule has 0 radical (unpaired) electrons. The van der Waals surface area contributed by atoms with E-state index in [9.17, 15) is 9.18 Å². The summed E-state index contributed by atoms with van der Waals surface area (Å²) in [6, 6.07) is 12.7. The third kappa shape index (κ3) is 6.17. The number of halogens is 2. The number of rotatable bonds is 7. The Morgan fingerprint density at radius 2 is 2.04 bits per heavy atom. The van der Waals surface area contributed by atoms with Gasteiger partial charge in [0.1, 0.15) is 6.61 Å². The standard InChI is InChI=1S/C18H20FN3O2.ClH/c1-13(15-5-3-2-4-6-15)22-18(23)16-7-8-17(21-11-16)24-12-14(9-19)10-20;/h2-9,11,13H,10,12,20H2,1H3,(H,22,23);1H/b14-9+;/t13-;/m1./s1. The monoisotopic (exact) mass is 365 g/mol. The Bertz CT molecular complexity index is 693. The number of hydrogen-bond acceptors (Lipinski definition) is 4. The van der Waals surface area contributed by atoms with Crippen LogP contribution in [0, 0.1) is 0 Å². The fourth-order valence-electron chi connectivity index (χ4n) is 2.01. The molecule has 0 saturated heterocycles. The van der Waals surface area contributed by atoms with Gasteiger partial charge < -0.3 is 15.8 Å². The largest absolute Gasteiger partial charge is 0.473 e. The second kappa shape index (κ2) is 10.4. The van der Waals surface area contributed by atoms with Crippen molar-refractivity contribution in [1.82, 2.24) is 10.3 Å². The Morgan fingerprint density at radius 1 is 1.32 bits per heavy atom. The van der Waals surface area contributed by atoms with E-state index in [1.54, 1.807) is 12.1 Å². The third-order valence-electron chi connectivity index (χ3n) is 3.47. The van der Waals surface area contributed by atoms with Crippen molar-refractivity contribution in [2.45, 2.75) is 13.0 Å². The van der Waals surface area contributed by atoms with Gasteiger partial charge in [-0.15, -0.1) is 12.4 Å². The second-order valence-corrected chi connectivity index (χ2v) is 5.25. The number of hydrogen-bond donors (Lipinski definition) is 2. The van der Waals surface area contributed by atoms with E-state index in [-0.39, 0.29) is 37.5 Å². The number of amides is 1. The van der Waals surface area contributed by atoms with Gasteiger partial charge in [-0.2, -0.15) is 0 Å². The highest BCUT2D eigenvalue weighted by molar-refractivity contribution is 5.94. The average Bonchev–Trinajstić information content (AvgIpc) is 2.63. The summed E-state index contributed by atoms with van der Waals surface area (Å²) in [4.78, 5) is 16.3. The van der Waals surface area contributed by atoms with E-state index in [2.05, 4.69) is 10.3 Å². The highest BCUT2D eigenvalue weighted by Crippen LogP contribution is 2.13. The first kappa shape index (κ1) is 20.6. The van der Waals surface area contributed by atoms with E-state index in [0.717, 1.165) is 5.56 Å². The summed E-state index contributed by atoms with van der Waals surface area (Å²) in [5, 5.41) is 2.91. The quantitative estimate of drug-likeness (QED) is 0.790. The van der Waals surface area contributed by atoms with E-state index >= 15 is 0 Å². The zero-order chi connectivity index (χ0) is 17.4. The minimum atomic E-state index is -0.225. The molecule has 0 bridgehead atoms. The Balaban J connectivity index is 0.00000312. The molecule has 1 atom stereocenters. The molecule has 1 amide bonds. The summed E-state index contributed by atoms with van der Waals surface area (Å²) >= 11 is 0. The van der Waals surface area contributed by atoms with Gasteiger partial charge >= 0.3 is 0 Å². The number of pyridine rings is 1. The maximum absolute atomic E-state index is 12.4. The van der Waals surface area contributed by atoms with Crippen LogP contribution in [0.25, 0.3) is 0 Å². The van der Waals surface area contributed by atoms with Crippen molar-refractivity contribution in [3.05, 3.63) is 71.7 Å². The number of nitrogens with two attached hydrogens (primary N) is 1. The maximum atomic E-state index is 12.4. The molecular formula is C18H21ClFN3O2. The molecule has 0 saturated carbocycles. The number of carbonyl (C=O) groups is 1. The van der Waals surface area contributed by atoms with Crippen LogP contribution >= 0.6 is 12.4 Å². The van der Waals surface area contributed by atoms with Crippen molar-refractivity contribution in [2.75, 3.05) is 13.2 Å². The molecular weight excluding hydrogens is 345 g/mol. The van der Waals surface area contributed by atoms with Crippen LogP contribution in [0.4, 0.5) is 4.39 Å². The molecule has 0 unspecified atom stereocenters. The lowest BCUT2D eigenvalue weighted by Gasteiger charge is -2.14. The van der Waals surface area contributed by atoms with Gasteiger partial charge in [-0.3, -0.25) is 4.79 Å². The molecule has 25 heavy (non-hydrogen) atoms. The number of carbonyl (C=O) groups excluding carboxylic acids is 1. The Kier molecular flexibility index (Phi) is 8.60. The minimum absolute atomic E-state index is 0. The molecule has 3 N–H and O–H groups in total. The first-order valence-corrected chi connectivity index (χ1v) is 7.57. The SMILES string of the molecule is C[C@@H](NC(=O)c1ccc(OC/C(=C/F)CN)nc1)c1ccccc1.Cl. The molecule has 1 aromatic carbocycles. The van der Waals surface area contributed by atoms with Crippen LogP contribution in [0.15, 0.2) is 60.6 Å². The highest BCUT2D eigenvalue weighted by Gasteiger charge is 2.11. The van der Waals surface area contributed by atoms with Crippen LogP contribution in [-0.4, -0.2) is 24.0 Å². The van der Waals surface area contributed by atoms with Gasteiger partial charge in [-0.25, -0.2) is 9.37 Å². The van der Waals surface area contributed by atoms with Crippen LogP contribution in [-0.2, 0) is 0 Å². The van der Waals surface area contributed by atoms with Gasteiger partial charge in [-0.05, 0) is 18.6 Å². The molecule has 0 aliphatic rings. The maximum Gasteiger partial charge on any atom is 0.253 e. The van der Waals surface area contributed by atoms with E-state index < -0.39 is 0 Å². The Morgan fingerprint density at radius 3 is 2.60 bits per heavy atom. The molecule has 0 aliphatic heterocycles. The van der Waals surface area contributed by atoms with Gasteiger partial charge in [0.05, 0.1) is 17.9 Å². The lowest BCUT2D eigenvalue weighted by molar-refractivity contribution is 0.0939. The van der Waals surface area contributed by atoms with Crippen LogP contribution < -0.4 is 15.8 Å². The summed E-state index contributed by atoms with van der Waals surface area (Å²) in [6.07, 6.45) is 1.84. The van der Waals surface area contributed by atoms with Crippen molar-refractivity contribution in [3.8, 4) is 5.88 Å². The van der Waals surface area contributed by atoms with Crippen molar-refractivity contribution in [2.24, 2.45) is 5.73 Å². The number of nitrogens with one attached hydrogen (secondary N) is 1. The third-order valence-corrected chi connectivity index (χ3v) is 3.47. The average molecular weight is 366 g/mol. The van der Waals surface area contributed by atoms with Gasteiger partial charge in [0.15, 0.2) is 0 Å². The van der Waals surface area contributed by atoms with E-state index in [1.807, 2.05) is 37.3 Å². The van der Waals surface area contributed by atoms with Crippen molar-refractivity contribution in [3.63, 3.8) is 0 Å². The number of benzene rings is 1. The van der Waals surface area contributed by atoms with Gasteiger partial charge in [-0.1, -0.05) is 30.3 Å². The topological polar surface area (TPSA) is 77.2 Å². The lowest BCUT2D eigenvalue weighted by atomic mass is 10.1. The molecule has 2 rings (SSSR count). The minimum Gasteiger partial charge on any atom is -0.473 e. The molecule has 134 valence electrons. The summed E-state index contributed by atoms with van der Waals surface area (Å²) < 4.78 is 17.7. The van der Waals surface area contributed by atoms with Crippen LogP contribution in [0.3, 0.4) is 0 Å². The normalized spacial score (nSPS) is 12.0. The molecule has 5 nitrogen and oxygen atoms in total. The predicted molar refractivity (Wildman–Crippen MR) is 97.5 cm³/mol. The summed E-state index contributed by atoms with van der Waals surface area (Å²) in [6.45, 7) is 2.01. The molecule has 2 aromatic rings. The molecule has 0 aliphatic carbocycles. The first-order valence-electron chi connectivity index (χ1n) is 7.57. The number of ether oxygens (including phenoxy) is 1. The predicted octanol–water partition coefficient (Wildman–Crippen LogP) is 3.19. The van der Waals surface area contributed by atoms with E-state index in [4.69, 9.17) is 10.5 Å².